The Kier molecular flexibility index (Phi) is 2.19. The molecular weight excluding hydrogens is 198 g/mol. The summed E-state index contributed by atoms with van der Waals surface area (Å²) in [5.74, 6) is 0.603. The van der Waals surface area contributed by atoms with Crippen molar-refractivity contribution in [2.75, 3.05) is 6.54 Å². The molecule has 1 saturated heterocycles. The van der Waals surface area contributed by atoms with Crippen molar-refractivity contribution in [3.05, 3.63) is 29.6 Å². The number of aromatic nitrogens is 1. The van der Waals surface area contributed by atoms with Crippen molar-refractivity contribution in [1.82, 2.24) is 10.3 Å². The Hall–Kier alpha value is -1.40. The van der Waals surface area contributed by atoms with E-state index in [0.29, 0.717) is 17.0 Å². The molecule has 2 heterocycles. The van der Waals surface area contributed by atoms with Gasteiger partial charge in [-0.15, -0.1) is 0 Å². The molecule has 3 rings (SSSR count). The van der Waals surface area contributed by atoms with E-state index in [0.717, 1.165) is 0 Å². The van der Waals surface area contributed by atoms with Gasteiger partial charge in [-0.3, -0.25) is 4.98 Å². The fourth-order valence-electron chi connectivity index (χ4n) is 3.08. The molecule has 0 atom stereocenters. The molecule has 0 aromatic carbocycles. The van der Waals surface area contributed by atoms with Crippen LogP contribution < -0.4 is 5.32 Å². The average molecular weight is 213 g/mol. The summed E-state index contributed by atoms with van der Waals surface area (Å²) in [6, 6.07) is 4.14. The number of pyridine rings is 1. The zero-order chi connectivity index (χ0) is 11.0. The van der Waals surface area contributed by atoms with Gasteiger partial charge in [-0.05, 0) is 49.8 Å². The van der Waals surface area contributed by atoms with Crippen LogP contribution in [-0.4, -0.2) is 17.1 Å². The van der Waals surface area contributed by atoms with Crippen molar-refractivity contribution in [3.63, 3.8) is 0 Å². The van der Waals surface area contributed by atoms with E-state index in [2.05, 4.69) is 16.4 Å². The highest BCUT2D eigenvalue weighted by atomic mass is 15.0. The highest BCUT2D eigenvalue weighted by molar-refractivity contribution is 5.33. The van der Waals surface area contributed by atoms with Gasteiger partial charge < -0.3 is 5.32 Å². The molecule has 1 aromatic rings. The first-order valence-corrected chi connectivity index (χ1v) is 5.91. The monoisotopic (exact) mass is 213 g/mol. The molecule has 1 N–H and O–H groups in total. The summed E-state index contributed by atoms with van der Waals surface area (Å²) < 4.78 is 0. The number of nitrogens with zero attached hydrogens (tertiary/aromatic N) is 2. The number of nitrogens with one attached hydrogen (secondary N) is 1. The van der Waals surface area contributed by atoms with E-state index >= 15 is 0 Å². The van der Waals surface area contributed by atoms with Crippen LogP contribution in [-0.2, 0) is 0 Å². The number of rotatable bonds is 1. The maximum absolute atomic E-state index is 8.84. The van der Waals surface area contributed by atoms with Gasteiger partial charge in [0, 0.05) is 17.9 Å². The van der Waals surface area contributed by atoms with E-state index < -0.39 is 0 Å². The molecule has 3 nitrogen and oxygen atoms in total. The van der Waals surface area contributed by atoms with Crippen LogP contribution >= 0.6 is 0 Å². The molecule has 0 unspecified atom stereocenters. The zero-order valence-electron chi connectivity index (χ0n) is 9.24. The lowest BCUT2D eigenvalue weighted by Gasteiger charge is -2.45. The summed E-state index contributed by atoms with van der Waals surface area (Å²) in [5.41, 5.74) is 2.34. The molecule has 2 aliphatic rings. The first-order chi connectivity index (χ1) is 7.81. The number of hydrogen-bond acceptors (Lipinski definition) is 3. The summed E-state index contributed by atoms with van der Waals surface area (Å²) in [6.07, 6.45) is 8.59. The highest BCUT2D eigenvalue weighted by Gasteiger charge is 2.46. The fraction of sp³-hybridized carbons (Fsp3) is 0.538. The normalized spacial score (nSPS) is 32.3. The van der Waals surface area contributed by atoms with Gasteiger partial charge in [0.15, 0.2) is 0 Å². The molecule has 0 radical (unpaired) electrons. The van der Waals surface area contributed by atoms with Gasteiger partial charge in [0.25, 0.3) is 0 Å². The van der Waals surface area contributed by atoms with Crippen LogP contribution in [0, 0.1) is 11.3 Å². The summed E-state index contributed by atoms with van der Waals surface area (Å²) >= 11 is 0. The first-order valence-electron chi connectivity index (χ1n) is 5.91. The molecule has 2 fully saturated rings. The van der Waals surface area contributed by atoms with E-state index in [1.807, 2.05) is 12.3 Å². The fourth-order valence-corrected chi connectivity index (χ4v) is 3.08. The van der Waals surface area contributed by atoms with Gasteiger partial charge in [-0.2, -0.15) is 5.26 Å². The van der Waals surface area contributed by atoms with Gasteiger partial charge in [0.05, 0.1) is 5.56 Å². The summed E-state index contributed by atoms with van der Waals surface area (Å²) in [5, 5.41) is 12.4. The van der Waals surface area contributed by atoms with Crippen molar-refractivity contribution in [3.8, 4) is 6.07 Å². The van der Waals surface area contributed by atoms with Crippen molar-refractivity contribution < 1.29 is 0 Å². The molecule has 1 spiro atoms. The second kappa shape index (κ2) is 3.57. The predicted octanol–water partition coefficient (Wildman–Crippen LogP) is 1.95. The topological polar surface area (TPSA) is 48.7 Å². The van der Waals surface area contributed by atoms with E-state index in [1.165, 1.54) is 37.8 Å². The van der Waals surface area contributed by atoms with Crippen LogP contribution in [0.15, 0.2) is 18.5 Å². The Bertz CT molecular complexity index is 433. The van der Waals surface area contributed by atoms with Crippen molar-refractivity contribution in [2.24, 2.45) is 0 Å². The van der Waals surface area contributed by atoms with Gasteiger partial charge >= 0.3 is 0 Å². The molecule has 1 aliphatic heterocycles. The molecule has 0 amide bonds. The standard InChI is InChI=1S/C13H15N3/c14-7-10-4-11(9-15-8-10)12-5-13(6-12)2-1-3-16-13/h4,8-9,12,16H,1-3,5-6H2. The van der Waals surface area contributed by atoms with E-state index in [4.69, 9.17) is 5.26 Å². The molecule has 16 heavy (non-hydrogen) atoms. The quantitative estimate of drug-likeness (QED) is 0.775. The average Bonchev–Trinajstić information content (AvgIpc) is 2.76. The third-order valence-electron chi connectivity index (χ3n) is 3.97. The van der Waals surface area contributed by atoms with E-state index in [9.17, 15) is 0 Å². The molecule has 1 aliphatic carbocycles. The van der Waals surface area contributed by atoms with E-state index in [-0.39, 0.29) is 0 Å². The van der Waals surface area contributed by atoms with Crippen LogP contribution in [0.3, 0.4) is 0 Å². The molecule has 3 heteroatoms. The third kappa shape index (κ3) is 1.50. The Morgan fingerprint density at radius 1 is 1.44 bits per heavy atom. The maximum atomic E-state index is 8.84. The molecule has 1 aromatic heterocycles. The van der Waals surface area contributed by atoms with Crippen molar-refractivity contribution >= 4 is 0 Å². The number of nitriles is 1. The van der Waals surface area contributed by atoms with Crippen LogP contribution in [0.1, 0.15) is 42.7 Å². The maximum Gasteiger partial charge on any atom is 0.101 e. The van der Waals surface area contributed by atoms with Crippen LogP contribution in [0.2, 0.25) is 0 Å². The summed E-state index contributed by atoms with van der Waals surface area (Å²) in [6.45, 7) is 1.17. The van der Waals surface area contributed by atoms with Crippen LogP contribution in [0.25, 0.3) is 0 Å². The largest absolute Gasteiger partial charge is 0.311 e. The highest BCUT2D eigenvalue weighted by Crippen LogP contribution is 2.48. The number of hydrogen-bond donors (Lipinski definition) is 1. The molecule has 82 valence electrons. The van der Waals surface area contributed by atoms with Gasteiger partial charge in [-0.1, -0.05) is 0 Å². The van der Waals surface area contributed by atoms with Gasteiger partial charge in [0.1, 0.15) is 6.07 Å². The van der Waals surface area contributed by atoms with Gasteiger partial charge in [-0.25, -0.2) is 0 Å². The van der Waals surface area contributed by atoms with Crippen LogP contribution in [0.4, 0.5) is 0 Å². The Morgan fingerprint density at radius 2 is 2.31 bits per heavy atom. The van der Waals surface area contributed by atoms with Gasteiger partial charge in [0.2, 0.25) is 0 Å². The van der Waals surface area contributed by atoms with Crippen molar-refractivity contribution in [2.45, 2.75) is 37.1 Å². The minimum atomic E-state index is 0.424. The first kappa shape index (κ1) is 9.80. The second-order valence-corrected chi connectivity index (χ2v) is 5.03. The van der Waals surface area contributed by atoms with E-state index in [1.54, 1.807) is 6.20 Å². The predicted molar refractivity (Wildman–Crippen MR) is 60.9 cm³/mol. The summed E-state index contributed by atoms with van der Waals surface area (Å²) in [4.78, 5) is 4.13. The lowest BCUT2D eigenvalue weighted by Crippen LogP contribution is -2.50. The second-order valence-electron chi connectivity index (χ2n) is 5.03. The Morgan fingerprint density at radius 3 is 3.00 bits per heavy atom. The summed E-state index contributed by atoms with van der Waals surface area (Å²) in [7, 11) is 0. The zero-order valence-corrected chi connectivity index (χ0v) is 9.24. The lowest BCUT2D eigenvalue weighted by atomic mass is 9.65. The SMILES string of the molecule is N#Cc1cncc(C2CC3(CCCN3)C2)c1. The molecular formula is C13H15N3. The Labute approximate surface area is 95.5 Å². The minimum Gasteiger partial charge on any atom is -0.311 e. The Balaban J connectivity index is 1.74. The molecule has 0 bridgehead atoms. The van der Waals surface area contributed by atoms with Crippen LogP contribution in [0.5, 0.6) is 0 Å². The third-order valence-corrected chi connectivity index (χ3v) is 3.97. The lowest BCUT2D eigenvalue weighted by molar-refractivity contribution is 0.178. The molecule has 1 saturated carbocycles. The van der Waals surface area contributed by atoms with Crippen molar-refractivity contribution in [1.29, 1.82) is 5.26 Å². The smallest absolute Gasteiger partial charge is 0.101 e. The minimum absolute atomic E-state index is 0.424.